The van der Waals surface area contributed by atoms with Crippen LogP contribution in [0.5, 0.6) is 0 Å². The van der Waals surface area contributed by atoms with E-state index in [9.17, 15) is 0 Å². The number of rotatable bonds is 19. The lowest BCUT2D eigenvalue weighted by Crippen LogP contribution is -2.44. The molecule has 0 aliphatic rings. The Balaban J connectivity index is 3.02. The maximum absolute atomic E-state index is 3.13. The van der Waals surface area contributed by atoms with Gasteiger partial charge in [0.1, 0.15) is 0 Å². The Hall–Kier alpha value is -0.120. The SMILES string of the molecule is CCCCCCCCCCCCCCCCCCN(NC)NC. The average Bonchev–Trinajstić information content (AvgIpc) is 2.58. The third-order valence-electron chi connectivity index (χ3n) is 4.78. The van der Waals surface area contributed by atoms with Crippen LogP contribution in [0.2, 0.25) is 0 Å². The van der Waals surface area contributed by atoms with Gasteiger partial charge in [-0.2, -0.15) is 5.12 Å². The summed E-state index contributed by atoms with van der Waals surface area (Å²) in [7, 11) is 3.92. The van der Waals surface area contributed by atoms with Gasteiger partial charge in [-0.05, 0) is 6.42 Å². The highest BCUT2D eigenvalue weighted by Crippen LogP contribution is 2.13. The summed E-state index contributed by atoms with van der Waals surface area (Å²) < 4.78 is 0. The van der Waals surface area contributed by atoms with Crippen molar-refractivity contribution in [3.8, 4) is 0 Å². The molecule has 0 aliphatic carbocycles. The van der Waals surface area contributed by atoms with E-state index in [-0.39, 0.29) is 0 Å². The van der Waals surface area contributed by atoms with E-state index in [1.54, 1.807) is 0 Å². The first-order valence-corrected chi connectivity index (χ1v) is 10.5. The second kappa shape index (κ2) is 19.9. The number of unbranched alkanes of at least 4 members (excludes halogenated alkanes) is 15. The predicted octanol–water partition coefficient (Wildman–Crippen LogP) is 5.82. The normalized spacial score (nSPS) is 11.5. The van der Waals surface area contributed by atoms with Crippen molar-refractivity contribution in [3.63, 3.8) is 0 Å². The lowest BCUT2D eigenvalue weighted by molar-refractivity contribution is 0.142. The van der Waals surface area contributed by atoms with Crippen molar-refractivity contribution in [2.24, 2.45) is 0 Å². The maximum atomic E-state index is 3.13. The van der Waals surface area contributed by atoms with Crippen LogP contribution in [0.15, 0.2) is 0 Å². The minimum Gasteiger partial charge on any atom is -0.245 e. The first kappa shape index (κ1) is 22.9. The van der Waals surface area contributed by atoms with E-state index in [0.717, 1.165) is 6.54 Å². The summed E-state index contributed by atoms with van der Waals surface area (Å²) in [5.41, 5.74) is 6.25. The third-order valence-corrected chi connectivity index (χ3v) is 4.78. The number of hydrazine groups is 2. The molecule has 0 unspecified atom stereocenters. The molecule has 0 bridgehead atoms. The Morgan fingerprint density at radius 1 is 0.478 bits per heavy atom. The maximum Gasteiger partial charge on any atom is 0.0288 e. The Kier molecular flexibility index (Phi) is 19.8. The average molecular weight is 328 g/mol. The van der Waals surface area contributed by atoms with Gasteiger partial charge in [-0.15, -0.1) is 0 Å². The molecule has 0 aromatic rings. The van der Waals surface area contributed by atoms with Crippen molar-refractivity contribution >= 4 is 0 Å². The van der Waals surface area contributed by atoms with Crippen LogP contribution >= 0.6 is 0 Å². The molecule has 0 spiro atoms. The van der Waals surface area contributed by atoms with Crippen LogP contribution in [0.1, 0.15) is 110 Å². The molecule has 2 N–H and O–H groups in total. The van der Waals surface area contributed by atoms with Crippen LogP contribution in [-0.4, -0.2) is 25.8 Å². The van der Waals surface area contributed by atoms with E-state index in [0.29, 0.717) is 0 Å². The zero-order chi connectivity index (χ0) is 17.0. The van der Waals surface area contributed by atoms with Crippen LogP contribution in [0.25, 0.3) is 0 Å². The summed E-state index contributed by atoms with van der Waals surface area (Å²) in [5.74, 6) is 0. The van der Waals surface area contributed by atoms with Crippen molar-refractivity contribution < 1.29 is 0 Å². The lowest BCUT2D eigenvalue weighted by Gasteiger charge is -2.18. The molecule has 0 heterocycles. The topological polar surface area (TPSA) is 27.3 Å². The Bertz CT molecular complexity index is 205. The van der Waals surface area contributed by atoms with Gasteiger partial charge in [0.25, 0.3) is 0 Å². The Labute approximate surface area is 146 Å². The van der Waals surface area contributed by atoms with Gasteiger partial charge in [-0.25, -0.2) is 10.9 Å². The van der Waals surface area contributed by atoms with Gasteiger partial charge in [-0.1, -0.05) is 103 Å². The zero-order valence-electron chi connectivity index (χ0n) is 16.5. The second-order valence-corrected chi connectivity index (χ2v) is 6.90. The highest BCUT2D eigenvalue weighted by molar-refractivity contribution is 4.50. The quantitative estimate of drug-likeness (QED) is 0.231. The van der Waals surface area contributed by atoms with E-state index in [1.165, 1.54) is 103 Å². The van der Waals surface area contributed by atoms with Gasteiger partial charge in [0, 0.05) is 20.6 Å². The first-order valence-electron chi connectivity index (χ1n) is 10.5. The van der Waals surface area contributed by atoms with E-state index in [4.69, 9.17) is 0 Å². The van der Waals surface area contributed by atoms with E-state index in [2.05, 4.69) is 17.8 Å². The van der Waals surface area contributed by atoms with Crippen molar-refractivity contribution in [1.82, 2.24) is 16.0 Å². The molecule has 0 aromatic carbocycles. The van der Waals surface area contributed by atoms with Crippen LogP contribution in [-0.2, 0) is 0 Å². The summed E-state index contributed by atoms with van der Waals surface area (Å²) in [6, 6.07) is 0. The minimum absolute atomic E-state index is 1.09. The smallest absolute Gasteiger partial charge is 0.0288 e. The fraction of sp³-hybridized carbons (Fsp3) is 1.00. The van der Waals surface area contributed by atoms with Gasteiger partial charge < -0.3 is 0 Å². The number of hydrogen-bond acceptors (Lipinski definition) is 3. The molecular weight excluding hydrogens is 282 g/mol. The molecule has 3 heteroatoms. The summed E-state index contributed by atoms with van der Waals surface area (Å²) in [6.07, 6.45) is 22.9. The van der Waals surface area contributed by atoms with Crippen LogP contribution in [0, 0.1) is 0 Å². The molecule has 0 fully saturated rings. The zero-order valence-corrected chi connectivity index (χ0v) is 16.5. The van der Waals surface area contributed by atoms with Gasteiger partial charge in [0.05, 0.1) is 0 Å². The highest BCUT2D eigenvalue weighted by atomic mass is 15.7. The summed E-state index contributed by atoms with van der Waals surface area (Å²) in [4.78, 5) is 0. The monoisotopic (exact) mass is 327 g/mol. The van der Waals surface area contributed by atoms with Gasteiger partial charge in [-0.3, -0.25) is 0 Å². The summed E-state index contributed by atoms with van der Waals surface area (Å²) in [6.45, 7) is 3.38. The molecule has 0 radical (unpaired) electrons. The molecular formula is C20H45N3. The number of nitrogens with one attached hydrogen (secondary N) is 2. The van der Waals surface area contributed by atoms with Crippen LogP contribution in [0.3, 0.4) is 0 Å². The Morgan fingerprint density at radius 2 is 0.783 bits per heavy atom. The standard InChI is InChI=1S/C20H45N3/c1-4-5-6-7-8-9-10-11-12-13-14-15-16-17-18-19-20-23(21-2)22-3/h21-22H,4-20H2,1-3H3. The fourth-order valence-electron chi connectivity index (χ4n) is 3.15. The molecule has 0 atom stereocenters. The van der Waals surface area contributed by atoms with Crippen molar-refractivity contribution in [3.05, 3.63) is 0 Å². The van der Waals surface area contributed by atoms with E-state index >= 15 is 0 Å². The van der Waals surface area contributed by atoms with Gasteiger partial charge in [0.15, 0.2) is 0 Å². The minimum atomic E-state index is 1.09. The predicted molar refractivity (Wildman–Crippen MR) is 104 cm³/mol. The number of hydrogen-bond donors (Lipinski definition) is 2. The second-order valence-electron chi connectivity index (χ2n) is 6.90. The van der Waals surface area contributed by atoms with Crippen molar-refractivity contribution in [2.75, 3.05) is 20.6 Å². The molecule has 0 aliphatic heterocycles. The fourth-order valence-corrected chi connectivity index (χ4v) is 3.15. The Morgan fingerprint density at radius 3 is 1.09 bits per heavy atom. The molecule has 23 heavy (non-hydrogen) atoms. The first-order chi connectivity index (χ1) is 11.3. The van der Waals surface area contributed by atoms with E-state index in [1.807, 2.05) is 19.2 Å². The third kappa shape index (κ3) is 18.1. The number of nitrogens with zero attached hydrogens (tertiary/aromatic N) is 1. The summed E-state index contributed by atoms with van der Waals surface area (Å²) >= 11 is 0. The van der Waals surface area contributed by atoms with Crippen LogP contribution in [0.4, 0.5) is 0 Å². The molecule has 0 saturated heterocycles. The van der Waals surface area contributed by atoms with Gasteiger partial charge >= 0.3 is 0 Å². The summed E-state index contributed by atoms with van der Waals surface area (Å²) in [5, 5.41) is 2.05. The van der Waals surface area contributed by atoms with Crippen molar-refractivity contribution in [2.45, 2.75) is 110 Å². The van der Waals surface area contributed by atoms with E-state index < -0.39 is 0 Å². The van der Waals surface area contributed by atoms with Crippen LogP contribution < -0.4 is 10.9 Å². The highest BCUT2D eigenvalue weighted by Gasteiger charge is 1.98. The molecule has 0 aromatic heterocycles. The van der Waals surface area contributed by atoms with Crippen molar-refractivity contribution in [1.29, 1.82) is 0 Å². The molecule has 140 valence electrons. The lowest BCUT2D eigenvalue weighted by atomic mass is 10.0. The molecule has 3 nitrogen and oxygen atoms in total. The molecule has 0 saturated carbocycles. The largest absolute Gasteiger partial charge is 0.245 e. The molecule has 0 amide bonds. The van der Waals surface area contributed by atoms with Gasteiger partial charge in [0.2, 0.25) is 0 Å². The molecule has 0 rings (SSSR count).